The molecule has 0 aliphatic carbocycles. The van der Waals surface area contributed by atoms with Gasteiger partial charge in [0, 0.05) is 16.5 Å². The summed E-state index contributed by atoms with van der Waals surface area (Å²) in [5, 5.41) is 12.2. The molecule has 7 heteroatoms. The Balaban J connectivity index is 1.94. The zero-order valence-corrected chi connectivity index (χ0v) is 13.3. The first-order chi connectivity index (χ1) is 10.5. The smallest absolute Gasteiger partial charge is 0.335 e. The zero-order chi connectivity index (χ0) is 15.7. The van der Waals surface area contributed by atoms with Gasteiger partial charge in [-0.3, -0.25) is 0 Å². The Kier molecular flexibility index (Phi) is 4.11. The second-order valence-corrected chi connectivity index (χ2v) is 6.05. The third-order valence-electron chi connectivity index (χ3n) is 2.94. The highest BCUT2D eigenvalue weighted by atomic mass is 35.5. The van der Waals surface area contributed by atoms with Crippen molar-refractivity contribution in [1.29, 1.82) is 0 Å². The minimum absolute atomic E-state index is 0.243. The highest BCUT2D eigenvalue weighted by Crippen LogP contribution is 2.31. The van der Waals surface area contributed by atoms with Crippen LogP contribution in [-0.4, -0.2) is 21.0 Å². The molecule has 22 heavy (non-hydrogen) atoms. The molecule has 0 radical (unpaired) electrons. The third-order valence-corrected chi connectivity index (χ3v) is 4.22. The Bertz CT molecular complexity index is 827. The molecule has 4 nitrogen and oxygen atoms in total. The van der Waals surface area contributed by atoms with Gasteiger partial charge in [0.15, 0.2) is 0 Å². The molecule has 0 atom stereocenters. The van der Waals surface area contributed by atoms with Crippen molar-refractivity contribution in [3.63, 3.8) is 0 Å². The lowest BCUT2D eigenvalue weighted by Crippen LogP contribution is -1.94. The molecule has 2 aromatic heterocycles. The van der Waals surface area contributed by atoms with E-state index in [1.54, 1.807) is 36.4 Å². The summed E-state index contributed by atoms with van der Waals surface area (Å²) in [6.45, 7) is 0. The summed E-state index contributed by atoms with van der Waals surface area (Å²) < 4.78 is 0. The van der Waals surface area contributed by atoms with Crippen LogP contribution >= 0.6 is 34.5 Å². The number of nitrogens with zero attached hydrogens (tertiary/aromatic N) is 2. The highest BCUT2D eigenvalue weighted by Gasteiger charge is 2.10. The summed E-state index contributed by atoms with van der Waals surface area (Å²) in [7, 11) is 0. The number of rotatable bonds is 3. The van der Waals surface area contributed by atoms with Crippen LogP contribution in [0.2, 0.25) is 10.3 Å². The second kappa shape index (κ2) is 6.04. The first-order valence-electron chi connectivity index (χ1n) is 6.15. The fraction of sp³-hybridized carbons (Fsp3) is 0. The molecule has 0 fully saturated rings. The number of halogens is 2. The number of thiazole rings is 1. The molecule has 1 aromatic carbocycles. The van der Waals surface area contributed by atoms with Gasteiger partial charge in [-0.25, -0.2) is 14.8 Å². The van der Waals surface area contributed by atoms with E-state index >= 15 is 0 Å². The van der Waals surface area contributed by atoms with Crippen molar-refractivity contribution >= 4 is 40.5 Å². The monoisotopic (exact) mass is 350 g/mol. The van der Waals surface area contributed by atoms with Gasteiger partial charge >= 0.3 is 5.97 Å². The molecular weight excluding hydrogens is 343 g/mol. The number of hydrogen-bond donors (Lipinski definition) is 1. The fourth-order valence-electron chi connectivity index (χ4n) is 1.91. The number of aromatic nitrogens is 2. The Labute approximate surface area is 140 Å². The van der Waals surface area contributed by atoms with Gasteiger partial charge in [0.25, 0.3) is 0 Å². The van der Waals surface area contributed by atoms with E-state index in [0.29, 0.717) is 10.3 Å². The molecular formula is C15H8Cl2N2O2S. The van der Waals surface area contributed by atoms with Gasteiger partial charge in [-0.2, -0.15) is 0 Å². The molecule has 1 N–H and O–H groups in total. The minimum Gasteiger partial charge on any atom is -0.478 e. The van der Waals surface area contributed by atoms with Crippen LogP contribution in [0.3, 0.4) is 0 Å². The number of carboxylic acids is 1. The van der Waals surface area contributed by atoms with Crippen molar-refractivity contribution < 1.29 is 9.90 Å². The number of hydrogen-bond acceptors (Lipinski definition) is 4. The van der Waals surface area contributed by atoms with Crippen molar-refractivity contribution in [2.75, 3.05) is 0 Å². The summed E-state index contributed by atoms with van der Waals surface area (Å²) in [6, 6.07) is 9.96. The van der Waals surface area contributed by atoms with Crippen molar-refractivity contribution in [1.82, 2.24) is 9.97 Å². The van der Waals surface area contributed by atoms with E-state index in [0.717, 1.165) is 21.8 Å². The summed E-state index contributed by atoms with van der Waals surface area (Å²) in [4.78, 5) is 19.3. The van der Waals surface area contributed by atoms with Crippen LogP contribution in [0.25, 0.3) is 21.8 Å². The fourth-order valence-corrected chi connectivity index (χ4v) is 3.19. The summed E-state index contributed by atoms with van der Waals surface area (Å²) >= 11 is 13.2. The van der Waals surface area contributed by atoms with Gasteiger partial charge in [-0.15, -0.1) is 11.3 Å². The average Bonchev–Trinajstić information content (AvgIpc) is 2.96. The van der Waals surface area contributed by atoms with Crippen LogP contribution < -0.4 is 0 Å². The maximum absolute atomic E-state index is 10.9. The maximum atomic E-state index is 10.9. The van der Waals surface area contributed by atoms with Gasteiger partial charge in [0.1, 0.15) is 15.3 Å². The van der Waals surface area contributed by atoms with Crippen LogP contribution in [0.15, 0.2) is 41.8 Å². The lowest BCUT2D eigenvalue weighted by molar-refractivity contribution is 0.0697. The standard InChI is InChI=1S/C15H8Cl2N2O2S/c16-12-5-10(6-13(17)19-12)14-18-11(7-22-14)8-1-3-9(4-2-8)15(20)21/h1-7H,(H,20,21). The first-order valence-corrected chi connectivity index (χ1v) is 7.79. The van der Waals surface area contributed by atoms with Crippen molar-refractivity contribution in [2.45, 2.75) is 0 Å². The number of carboxylic acid groups (broad SMARTS) is 1. The maximum Gasteiger partial charge on any atom is 0.335 e. The van der Waals surface area contributed by atoms with Gasteiger partial charge in [-0.1, -0.05) is 35.3 Å². The van der Waals surface area contributed by atoms with Crippen LogP contribution in [0, 0.1) is 0 Å². The number of benzene rings is 1. The predicted molar refractivity (Wildman–Crippen MR) is 87.8 cm³/mol. The van der Waals surface area contributed by atoms with E-state index in [9.17, 15) is 4.79 Å². The molecule has 0 saturated heterocycles. The van der Waals surface area contributed by atoms with Crippen molar-refractivity contribution in [2.24, 2.45) is 0 Å². The molecule has 0 unspecified atom stereocenters. The van der Waals surface area contributed by atoms with Crippen LogP contribution in [-0.2, 0) is 0 Å². The van der Waals surface area contributed by atoms with E-state index in [2.05, 4.69) is 9.97 Å². The molecule has 0 amide bonds. The molecule has 3 aromatic rings. The van der Waals surface area contributed by atoms with E-state index in [1.807, 2.05) is 5.38 Å². The lowest BCUT2D eigenvalue weighted by Gasteiger charge is -1.99. The number of aromatic carboxylic acids is 1. The summed E-state index contributed by atoms with van der Waals surface area (Å²) in [6.07, 6.45) is 0. The topological polar surface area (TPSA) is 63.1 Å². The Morgan fingerprint density at radius 3 is 2.23 bits per heavy atom. The third kappa shape index (κ3) is 3.11. The Hall–Kier alpha value is -1.95. The minimum atomic E-state index is -0.952. The SMILES string of the molecule is O=C(O)c1ccc(-c2csc(-c3cc(Cl)nc(Cl)c3)n2)cc1. The molecule has 0 spiro atoms. The first kappa shape index (κ1) is 15.0. The van der Waals surface area contributed by atoms with Gasteiger partial charge in [0.05, 0.1) is 11.3 Å². The number of carbonyl (C=O) groups is 1. The largest absolute Gasteiger partial charge is 0.478 e. The highest BCUT2D eigenvalue weighted by molar-refractivity contribution is 7.13. The van der Waals surface area contributed by atoms with E-state index < -0.39 is 5.97 Å². The van der Waals surface area contributed by atoms with Crippen LogP contribution in [0.4, 0.5) is 0 Å². The van der Waals surface area contributed by atoms with Gasteiger partial charge < -0.3 is 5.11 Å². The van der Waals surface area contributed by atoms with Crippen LogP contribution in [0.5, 0.6) is 0 Å². The zero-order valence-electron chi connectivity index (χ0n) is 11.0. The molecule has 110 valence electrons. The lowest BCUT2D eigenvalue weighted by atomic mass is 10.1. The molecule has 0 aliphatic rings. The molecule has 2 heterocycles. The van der Waals surface area contributed by atoms with Crippen molar-refractivity contribution in [3.8, 4) is 21.8 Å². The normalized spacial score (nSPS) is 10.6. The van der Waals surface area contributed by atoms with Gasteiger partial charge in [-0.05, 0) is 24.3 Å². The van der Waals surface area contributed by atoms with Crippen LogP contribution in [0.1, 0.15) is 10.4 Å². The molecule has 3 rings (SSSR count). The molecule has 0 bridgehead atoms. The summed E-state index contributed by atoms with van der Waals surface area (Å²) in [5.41, 5.74) is 2.65. The molecule has 0 aliphatic heterocycles. The Morgan fingerprint density at radius 1 is 1.00 bits per heavy atom. The van der Waals surface area contributed by atoms with E-state index in [1.165, 1.54) is 11.3 Å². The average molecular weight is 351 g/mol. The quantitative estimate of drug-likeness (QED) is 0.684. The predicted octanol–water partition coefficient (Wildman–Crippen LogP) is 4.88. The second-order valence-electron chi connectivity index (χ2n) is 4.42. The van der Waals surface area contributed by atoms with E-state index in [-0.39, 0.29) is 5.56 Å². The summed E-state index contributed by atoms with van der Waals surface area (Å²) in [5.74, 6) is -0.952. The van der Waals surface area contributed by atoms with Crippen molar-refractivity contribution in [3.05, 3.63) is 57.6 Å². The van der Waals surface area contributed by atoms with E-state index in [4.69, 9.17) is 28.3 Å². The van der Waals surface area contributed by atoms with Gasteiger partial charge in [0.2, 0.25) is 0 Å². The molecule has 0 saturated carbocycles. The Morgan fingerprint density at radius 2 is 1.64 bits per heavy atom. The number of pyridine rings is 1.